The van der Waals surface area contributed by atoms with Gasteiger partial charge in [0.05, 0.1) is 17.2 Å². The first-order valence-corrected chi connectivity index (χ1v) is 10.2. The molecule has 1 saturated carbocycles. The van der Waals surface area contributed by atoms with E-state index >= 15 is 0 Å². The van der Waals surface area contributed by atoms with Gasteiger partial charge in [0.25, 0.3) is 6.43 Å². The number of alkyl halides is 2. The van der Waals surface area contributed by atoms with Gasteiger partial charge >= 0.3 is 0 Å². The minimum atomic E-state index is -2.72. The molecule has 2 heterocycles. The molecule has 0 saturated heterocycles. The smallest absolute Gasteiger partial charge is 0.265 e. The molecular formula is C22H26F2N4O2. The molecule has 1 aliphatic carbocycles. The number of amides is 1. The van der Waals surface area contributed by atoms with E-state index in [1.807, 2.05) is 10.9 Å². The Balaban J connectivity index is 1.75. The highest BCUT2D eigenvalue weighted by molar-refractivity contribution is 5.91. The van der Waals surface area contributed by atoms with Gasteiger partial charge in [0.15, 0.2) is 0 Å². The summed E-state index contributed by atoms with van der Waals surface area (Å²) in [5.74, 6) is -0.272. The highest BCUT2D eigenvalue weighted by Crippen LogP contribution is 2.38. The fraction of sp³-hybridized carbons (Fsp3) is 0.455. The summed E-state index contributed by atoms with van der Waals surface area (Å²) in [6.07, 6.45) is 7.90. The molecule has 0 radical (unpaired) electrons. The number of nitrogens with two attached hydrogens (primary N) is 1. The summed E-state index contributed by atoms with van der Waals surface area (Å²) < 4.78 is 29.8. The van der Waals surface area contributed by atoms with Gasteiger partial charge in [0.1, 0.15) is 6.04 Å². The zero-order valence-electron chi connectivity index (χ0n) is 16.8. The fourth-order valence-corrected chi connectivity index (χ4v) is 4.51. The van der Waals surface area contributed by atoms with E-state index < -0.39 is 18.4 Å². The summed E-state index contributed by atoms with van der Waals surface area (Å²) in [5.41, 5.74) is 6.80. The number of benzene rings is 1. The molecule has 6 nitrogen and oxygen atoms in total. The molecule has 2 aromatic rings. The Labute approximate surface area is 173 Å². The minimum absolute atomic E-state index is 0.175. The van der Waals surface area contributed by atoms with Crippen molar-refractivity contribution >= 4 is 22.5 Å². The average Bonchev–Trinajstić information content (AvgIpc) is 3.15. The average molecular weight is 416 g/mol. The maximum absolute atomic E-state index is 14.0. The predicted octanol–water partition coefficient (Wildman–Crippen LogP) is 3.83. The molecule has 1 aromatic heterocycles. The normalized spacial score (nSPS) is 24.5. The number of halogens is 2. The number of rotatable bonds is 5. The van der Waals surface area contributed by atoms with Crippen molar-refractivity contribution in [1.82, 2.24) is 9.78 Å². The third-order valence-electron chi connectivity index (χ3n) is 6.19. The molecule has 0 spiro atoms. The van der Waals surface area contributed by atoms with Gasteiger partial charge in [-0.15, -0.1) is 0 Å². The van der Waals surface area contributed by atoms with Crippen LogP contribution in [0.25, 0.3) is 10.9 Å². The quantitative estimate of drug-likeness (QED) is 0.776. The second-order valence-electron chi connectivity index (χ2n) is 8.15. The van der Waals surface area contributed by atoms with E-state index in [1.54, 1.807) is 36.1 Å². The summed E-state index contributed by atoms with van der Waals surface area (Å²) in [6, 6.07) is 2.45. The van der Waals surface area contributed by atoms with Crippen LogP contribution in [0.3, 0.4) is 0 Å². The van der Waals surface area contributed by atoms with Gasteiger partial charge in [-0.3, -0.25) is 9.48 Å². The van der Waals surface area contributed by atoms with Crippen LogP contribution >= 0.6 is 0 Å². The van der Waals surface area contributed by atoms with Crippen LogP contribution < -0.4 is 10.6 Å². The highest BCUT2D eigenvalue weighted by Gasteiger charge is 2.30. The number of aliphatic hydroxyl groups excluding tert-OH is 1. The molecule has 1 aliphatic heterocycles. The van der Waals surface area contributed by atoms with Gasteiger partial charge < -0.3 is 15.7 Å². The zero-order valence-corrected chi connectivity index (χ0v) is 16.8. The Morgan fingerprint density at radius 2 is 2.03 bits per heavy atom. The Morgan fingerprint density at radius 1 is 1.30 bits per heavy atom. The van der Waals surface area contributed by atoms with Crippen molar-refractivity contribution in [1.29, 1.82) is 0 Å². The lowest BCUT2D eigenvalue weighted by atomic mass is 9.87. The minimum Gasteiger partial charge on any atom is -0.396 e. The lowest BCUT2D eigenvalue weighted by Crippen LogP contribution is -2.44. The fourth-order valence-electron chi connectivity index (χ4n) is 4.51. The van der Waals surface area contributed by atoms with Crippen LogP contribution in [-0.4, -0.2) is 33.4 Å². The Morgan fingerprint density at radius 3 is 2.67 bits per heavy atom. The van der Waals surface area contributed by atoms with E-state index in [9.17, 15) is 18.7 Å². The summed E-state index contributed by atoms with van der Waals surface area (Å²) in [6.45, 7) is 1.97. The van der Waals surface area contributed by atoms with Crippen molar-refractivity contribution in [3.05, 3.63) is 47.8 Å². The van der Waals surface area contributed by atoms with Gasteiger partial charge in [0.2, 0.25) is 5.91 Å². The molecule has 1 unspecified atom stereocenters. The van der Waals surface area contributed by atoms with E-state index in [0.717, 1.165) is 31.1 Å². The van der Waals surface area contributed by atoms with Gasteiger partial charge in [-0.25, -0.2) is 8.78 Å². The van der Waals surface area contributed by atoms with E-state index in [2.05, 4.69) is 5.10 Å². The number of aromatic nitrogens is 2. The second kappa shape index (κ2) is 8.18. The van der Waals surface area contributed by atoms with Crippen LogP contribution in [0, 0.1) is 5.92 Å². The zero-order chi connectivity index (χ0) is 21.4. The molecule has 3 N–H and O–H groups in total. The molecule has 0 bridgehead atoms. The molecule has 2 aliphatic rings. The van der Waals surface area contributed by atoms with Crippen molar-refractivity contribution in [2.24, 2.45) is 11.7 Å². The Bertz CT molecular complexity index is 1010. The van der Waals surface area contributed by atoms with Crippen LogP contribution in [-0.2, 0) is 4.79 Å². The number of primary amides is 1. The predicted molar refractivity (Wildman–Crippen MR) is 111 cm³/mol. The maximum atomic E-state index is 14.0. The first-order chi connectivity index (χ1) is 14.4. The largest absolute Gasteiger partial charge is 0.396 e. The van der Waals surface area contributed by atoms with E-state index in [1.165, 1.54) is 6.07 Å². The highest BCUT2D eigenvalue weighted by atomic mass is 19.3. The second-order valence-corrected chi connectivity index (χ2v) is 8.15. The van der Waals surface area contributed by atoms with Crippen molar-refractivity contribution in [3.8, 4) is 0 Å². The van der Waals surface area contributed by atoms with E-state index in [-0.39, 0.29) is 23.9 Å². The molecule has 1 amide bonds. The number of hydrogen-bond acceptors (Lipinski definition) is 4. The molecule has 8 heteroatoms. The summed E-state index contributed by atoms with van der Waals surface area (Å²) in [5, 5.41) is 14.7. The number of fused-ring (bicyclic) bond motifs is 1. The number of hydrogen-bond donors (Lipinski definition) is 2. The number of allylic oxidation sites excluding steroid dienone is 3. The van der Waals surface area contributed by atoms with Gasteiger partial charge in [0, 0.05) is 29.5 Å². The summed E-state index contributed by atoms with van der Waals surface area (Å²) in [7, 11) is 0. The molecule has 4 rings (SSSR count). The van der Waals surface area contributed by atoms with Crippen LogP contribution in [0.2, 0.25) is 0 Å². The van der Waals surface area contributed by atoms with Crippen molar-refractivity contribution < 1.29 is 18.7 Å². The lowest BCUT2D eigenvalue weighted by molar-refractivity contribution is -0.118. The topological polar surface area (TPSA) is 84.4 Å². The number of anilines is 1. The summed E-state index contributed by atoms with van der Waals surface area (Å²) >= 11 is 0. The molecule has 1 atom stereocenters. The first-order valence-electron chi connectivity index (χ1n) is 10.2. The van der Waals surface area contributed by atoms with Crippen LogP contribution in [0.4, 0.5) is 14.5 Å². The van der Waals surface area contributed by atoms with Gasteiger partial charge in [-0.2, -0.15) is 5.10 Å². The molecule has 160 valence electrons. The van der Waals surface area contributed by atoms with Crippen LogP contribution in [0.15, 0.2) is 42.3 Å². The number of carbonyl (C=O) groups is 1. The van der Waals surface area contributed by atoms with E-state index in [4.69, 9.17) is 5.73 Å². The van der Waals surface area contributed by atoms with E-state index in [0.29, 0.717) is 17.1 Å². The Hall–Kier alpha value is -2.74. The van der Waals surface area contributed by atoms with Crippen molar-refractivity contribution in [3.63, 3.8) is 0 Å². The number of carbonyl (C=O) groups excluding carboxylic acids is 1. The SMILES string of the molecule is CC1=CC=CC(C(N)=O)N1c1cc2cn(C3CCC(CO)CC3)nc2cc1C(F)F. The first kappa shape index (κ1) is 20.5. The van der Waals surface area contributed by atoms with Crippen molar-refractivity contribution in [2.75, 3.05) is 11.5 Å². The third-order valence-corrected chi connectivity index (χ3v) is 6.19. The van der Waals surface area contributed by atoms with Crippen LogP contribution in [0.1, 0.15) is 50.6 Å². The van der Waals surface area contributed by atoms with Gasteiger partial charge in [-0.05, 0) is 56.7 Å². The number of aliphatic hydroxyl groups is 1. The number of nitrogens with zero attached hydrogens (tertiary/aromatic N) is 3. The molecule has 1 aromatic carbocycles. The molecule has 30 heavy (non-hydrogen) atoms. The molecule has 1 fully saturated rings. The van der Waals surface area contributed by atoms with Crippen molar-refractivity contribution in [2.45, 2.75) is 51.1 Å². The molecular weight excluding hydrogens is 390 g/mol. The van der Waals surface area contributed by atoms with Gasteiger partial charge in [-0.1, -0.05) is 12.2 Å². The summed E-state index contributed by atoms with van der Waals surface area (Å²) in [4.78, 5) is 13.5. The Kier molecular flexibility index (Phi) is 5.60. The maximum Gasteiger partial charge on any atom is 0.265 e. The monoisotopic (exact) mass is 416 g/mol. The van der Waals surface area contributed by atoms with Crippen LogP contribution in [0.5, 0.6) is 0 Å². The third kappa shape index (κ3) is 3.71. The standard InChI is InChI=1S/C22H26F2N4O2/c1-13-3-2-4-19(22(25)30)28(13)20-9-15-11-27(16-7-5-14(12-29)6-8-16)26-18(15)10-17(20)21(23)24/h2-4,9-11,14,16,19,21,29H,5-8,12H2,1H3,(H2,25,30). The lowest BCUT2D eigenvalue weighted by Gasteiger charge is -2.34.